The third-order valence-electron chi connectivity index (χ3n) is 3.29. The third-order valence-corrected chi connectivity index (χ3v) is 4.15. The first-order valence-corrected chi connectivity index (χ1v) is 7.55. The van der Waals surface area contributed by atoms with Crippen molar-refractivity contribution in [1.82, 2.24) is 4.98 Å². The molecule has 5 heteroatoms. The molecule has 0 spiro atoms. The zero-order chi connectivity index (χ0) is 13.9. The fraction of sp³-hybridized carbons (Fsp3) is 0.333. The van der Waals surface area contributed by atoms with Crippen LogP contribution in [0.15, 0.2) is 29.8 Å². The fourth-order valence-electron chi connectivity index (χ4n) is 2.30. The lowest BCUT2D eigenvalue weighted by Crippen LogP contribution is -2.27. The maximum atomic E-state index is 12.1. The van der Waals surface area contributed by atoms with Gasteiger partial charge in [0.25, 0.3) is 5.91 Å². The first kappa shape index (κ1) is 13.3. The first-order valence-electron chi connectivity index (χ1n) is 6.67. The molecule has 3 heterocycles. The number of hydrogen-bond donors (Lipinski definition) is 1. The van der Waals surface area contributed by atoms with Gasteiger partial charge < -0.3 is 10.1 Å². The zero-order valence-corrected chi connectivity index (χ0v) is 12.1. The number of nitrogens with one attached hydrogen (secondary N) is 1. The number of aryl methyl sites for hydroxylation is 1. The predicted octanol–water partition coefficient (Wildman–Crippen LogP) is 3.24. The molecule has 104 valence electrons. The number of carbonyl (C=O) groups excluding carboxylic acids is 1. The highest BCUT2D eigenvalue weighted by Crippen LogP contribution is 2.29. The van der Waals surface area contributed by atoms with Crippen molar-refractivity contribution in [2.45, 2.75) is 25.9 Å². The van der Waals surface area contributed by atoms with Crippen molar-refractivity contribution in [1.29, 1.82) is 0 Å². The van der Waals surface area contributed by atoms with Crippen LogP contribution in [0.4, 0.5) is 5.69 Å². The van der Waals surface area contributed by atoms with E-state index in [-0.39, 0.29) is 12.0 Å². The number of aromatic nitrogens is 1. The van der Waals surface area contributed by atoms with Crippen molar-refractivity contribution in [2.75, 3.05) is 11.9 Å². The van der Waals surface area contributed by atoms with Gasteiger partial charge in [-0.25, -0.2) is 0 Å². The summed E-state index contributed by atoms with van der Waals surface area (Å²) >= 11 is 1.67. The van der Waals surface area contributed by atoms with E-state index in [1.54, 1.807) is 17.5 Å². The number of thiophene rings is 1. The minimum atomic E-state index is -0.327. The van der Waals surface area contributed by atoms with Gasteiger partial charge in [0.15, 0.2) is 0 Å². The second kappa shape index (κ2) is 5.73. The van der Waals surface area contributed by atoms with Gasteiger partial charge in [-0.1, -0.05) is 0 Å². The molecule has 0 saturated carbocycles. The molecule has 1 amide bonds. The average molecular weight is 288 g/mol. The van der Waals surface area contributed by atoms with Gasteiger partial charge in [-0.15, -0.1) is 11.3 Å². The number of amides is 1. The quantitative estimate of drug-likeness (QED) is 0.943. The van der Waals surface area contributed by atoms with Gasteiger partial charge in [0.05, 0.1) is 11.4 Å². The Morgan fingerprint density at radius 2 is 2.45 bits per heavy atom. The number of carbonyl (C=O) groups is 1. The van der Waals surface area contributed by atoms with Crippen LogP contribution in [0.25, 0.3) is 11.3 Å². The molecule has 1 aliphatic rings. The second-order valence-electron chi connectivity index (χ2n) is 4.84. The summed E-state index contributed by atoms with van der Waals surface area (Å²) < 4.78 is 5.41. The van der Waals surface area contributed by atoms with Crippen molar-refractivity contribution in [3.63, 3.8) is 0 Å². The Morgan fingerprint density at radius 3 is 3.15 bits per heavy atom. The second-order valence-corrected chi connectivity index (χ2v) is 5.95. The maximum Gasteiger partial charge on any atom is 0.253 e. The number of nitrogens with zero attached hydrogens (tertiary/aromatic N) is 1. The molecule has 1 N–H and O–H groups in total. The summed E-state index contributed by atoms with van der Waals surface area (Å²) in [7, 11) is 0. The number of hydrogen-bond acceptors (Lipinski definition) is 4. The van der Waals surface area contributed by atoms with Gasteiger partial charge in [0.1, 0.15) is 6.10 Å². The van der Waals surface area contributed by atoms with E-state index >= 15 is 0 Å². The molecule has 20 heavy (non-hydrogen) atoms. The van der Waals surface area contributed by atoms with Gasteiger partial charge in [-0.3, -0.25) is 9.78 Å². The number of anilines is 1. The zero-order valence-electron chi connectivity index (χ0n) is 11.3. The Morgan fingerprint density at radius 1 is 1.55 bits per heavy atom. The van der Waals surface area contributed by atoms with Gasteiger partial charge >= 0.3 is 0 Å². The van der Waals surface area contributed by atoms with Gasteiger partial charge in [-0.2, -0.15) is 0 Å². The Kier molecular flexibility index (Phi) is 3.80. The molecule has 3 rings (SSSR count). The normalized spacial score (nSPS) is 18.1. The summed E-state index contributed by atoms with van der Waals surface area (Å²) in [5.41, 5.74) is 2.59. The van der Waals surface area contributed by atoms with Crippen LogP contribution in [0.5, 0.6) is 0 Å². The SMILES string of the molecule is Cc1cc(-c2ncccc2NC(=O)[C@H]2CCCO2)cs1. The predicted molar refractivity (Wildman–Crippen MR) is 79.9 cm³/mol. The molecule has 0 radical (unpaired) electrons. The lowest BCUT2D eigenvalue weighted by atomic mass is 10.1. The van der Waals surface area contributed by atoms with Gasteiger partial charge in [0.2, 0.25) is 0 Å². The maximum absolute atomic E-state index is 12.1. The van der Waals surface area contributed by atoms with Crippen LogP contribution in [-0.2, 0) is 9.53 Å². The first-order chi connectivity index (χ1) is 9.74. The summed E-state index contributed by atoms with van der Waals surface area (Å²) in [6.45, 7) is 2.73. The average Bonchev–Trinajstić information content (AvgIpc) is 3.10. The topological polar surface area (TPSA) is 51.2 Å². The molecule has 1 fully saturated rings. The van der Waals surface area contributed by atoms with Crippen LogP contribution in [0.2, 0.25) is 0 Å². The molecule has 2 aromatic heterocycles. The summed E-state index contributed by atoms with van der Waals surface area (Å²) in [5, 5.41) is 4.99. The van der Waals surface area contributed by atoms with Crippen LogP contribution < -0.4 is 5.32 Å². The number of pyridine rings is 1. The molecule has 2 aromatic rings. The minimum Gasteiger partial charge on any atom is -0.368 e. The van der Waals surface area contributed by atoms with E-state index in [1.807, 2.05) is 12.1 Å². The molecule has 4 nitrogen and oxygen atoms in total. The highest BCUT2D eigenvalue weighted by atomic mass is 32.1. The van der Waals surface area contributed by atoms with Crippen LogP contribution in [-0.4, -0.2) is 23.6 Å². The lowest BCUT2D eigenvalue weighted by Gasteiger charge is -2.12. The Labute approximate surface area is 121 Å². The van der Waals surface area contributed by atoms with E-state index in [4.69, 9.17) is 4.74 Å². The van der Waals surface area contributed by atoms with E-state index in [0.29, 0.717) is 6.61 Å². The largest absolute Gasteiger partial charge is 0.368 e. The number of ether oxygens (including phenoxy) is 1. The van der Waals surface area contributed by atoms with Crippen molar-refractivity contribution in [2.24, 2.45) is 0 Å². The molecular weight excluding hydrogens is 272 g/mol. The molecule has 0 aromatic carbocycles. The summed E-state index contributed by atoms with van der Waals surface area (Å²) in [4.78, 5) is 17.8. The molecule has 0 bridgehead atoms. The van der Waals surface area contributed by atoms with E-state index in [9.17, 15) is 4.79 Å². The van der Waals surface area contributed by atoms with Crippen molar-refractivity contribution in [3.8, 4) is 11.3 Å². The highest BCUT2D eigenvalue weighted by molar-refractivity contribution is 7.10. The fourth-order valence-corrected chi connectivity index (χ4v) is 2.99. The van der Waals surface area contributed by atoms with Gasteiger partial charge in [-0.05, 0) is 38.0 Å². The lowest BCUT2D eigenvalue weighted by molar-refractivity contribution is -0.124. The molecule has 1 aliphatic heterocycles. The van der Waals surface area contributed by atoms with Crippen molar-refractivity contribution in [3.05, 3.63) is 34.7 Å². The molecule has 0 unspecified atom stereocenters. The standard InChI is InChI=1S/C15H16N2O2S/c1-10-8-11(9-20-10)14-12(4-2-6-16-14)17-15(18)13-5-3-7-19-13/h2,4,6,8-9,13H,3,5,7H2,1H3,(H,17,18)/t13-/m1/s1. The van der Waals surface area contributed by atoms with Gasteiger partial charge in [0, 0.05) is 28.6 Å². The van der Waals surface area contributed by atoms with E-state index in [2.05, 4.69) is 28.7 Å². The number of rotatable bonds is 3. The van der Waals surface area contributed by atoms with E-state index in [0.717, 1.165) is 29.8 Å². The summed E-state index contributed by atoms with van der Waals surface area (Å²) in [6, 6.07) is 5.78. The molecular formula is C15H16N2O2S. The van der Waals surface area contributed by atoms with Crippen molar-refractivity contribution >= 4 is 22.9 Å². The van der Waals surface area contributed by atoms with Crippen molar-refractivity contribution < 1.29 is 9.53 Å². The highest BCUT2D eigenvalue weighted by Gasteiger charge is 2.24. The van der Waals surface area contributed by atoms with E-state index in [1.165, 1.54) is 4.88 Å². The van der Waals surface area contributed by atoms with Crippen LogP contribution >= 0.6 is 11.3 Å². The third kappa shape index (κ3) is 2.73. The summed E-state index contributed by atoms with van der Waals surface area (Å²) in [5.74, 6) is -0.0799. The van der Waals surface area contributed by atoms with Crippen LogP contribution in [0.3, 0.4) is 0 Å². The minimum absolute atomic E-state index is 0.0799. The Balaban J connectivity index is 1.84. The molecule has 1 atom stereocenters. The smallest absolute Gasteiger partial charge is 0.253 e. The summed E-state index contributed by atoms with van der Waals surface area (Å²) in [6.07, 6.45) is 3.15. The Hall–Kier alpha value is -1.72. The van der Waals surface area contributed by atoms with E-state index < -0.39 is 0 Å². The van der Waals surface area contributed by atoms with Crippen LogP contribution in [0, 0.1) is 6.92 Å². The molecule has 0 aliphatic carbocycles. The Bertz CT molecular complexity index is 618. The van der Waals surface area contributed by atoms with Crippen LogP contribution in [0.1, 0.15) is 17.7 Å². The molecule has 1 saturated heterocycles. The monoisotopic (exact) mass is 288 g/mol.